The number of nitriles is 1. The molecule has 0 unspecified atom stereocenters. The molecule has 37 heavy (non-hydrogen) atoms. The number of amides is 2. The normalized spacial score (nSPS) is 15.9. The molecular weight excluding hydrogens is 628 g/mol. The van der Waals surface area contributed by atoms with E-state index in [2.05, 4.69) is 21.4 Å². The van der Waals surface area contributed by atoms with Crippen LogP contribution in [0.1, 0.15) is 36.0 Å². The third-order valence-electron chi connectivity index (χ3n) is 5.52. The summed E-state index contributed by atoms with van der Waals surface area (Å²) in [6, 6.07) is 8.23. The molecular formula is C22H26F3IN6O4S. The quantitative estimate of drug-likeness (QED) is 0.374. The van der Waals surface area contributed by atoms with E-state index < -0.39 is 21.8 Å². The fourth-order valence-electron chi connectivity index (χ4n) is 3.48. The number of likely N-dealkylation sites (tertiary alicyclic amines) is 1. The molecule has 2 aliphatic rings. The second kappa shape index (κ2) is 13.1. The lowest BCUT2D eigenvalue weighted by Gasteiger charge is -2.34. The highest BCUT2D eigenvalue weighted by Crippen LogP contribution is 2.28. The lowest BCUT2D eigenvalue weighted by Crippen LogP contribution is -2.49. The summed E-state index contributed by atoms with van der Waals surface area (Å²) in [5.41, 5.74) is -0.507. The van der Waals surface area contributed by atoms with Crippen LogP contribution in [0.3, 0.4) is 0 Å². The van der Waals surface area contributed by atoms with Gasteiger partial charge in [0.15, 0.2) is 0 Å². The van der Waals surface area contributed by atoms with Gasteiger partial charge >= 0.3 is 6.18 Å². The van der Waals surface area contributed by atoms with Crippen molar-refractivity contribution < 1.29 is 32.6 Å². The Morgan fingerprint density at radius 1 is 1.22 bits per heavy atom. The first-order valence-corrected chi connectivity index (χ1v) is 12.3. The molecule has 2 aliphatic heterocycles. The summed E-state index contributed by atoms with van der Waals surface area (Å²) in [5.74, 6) is -0.220. The Bertz CT molecular complexity index is 1230. The van der Waals surface area contributed by atoms with Gasteiger partial charge in [0, 0.05) is 45.6 Å². The van der Waals surface area contributed by atoms with Crippen molar-refractivity contribution in [1.82, 2.24) is 24.5 Å². The van der Waals surface area contributed by atoms with E-state index in [1.807, 2.05) is 0 Å². The number of nitrogens with zero attached hydrogens (tertiary/aromatic N) is 5. The van der Waals surface area contributed by atoms with Gasteiger partial charge in [-0.3, -0.25) is 9.59 Å². The summed E-state index contributed by atoms with van der Waals surface area (Å²) < 4.78 is 62.3. The molecule has 15 heteroatoms. The minimum absolute atomic E-state index is 0. The van der Waals surface area contributed by atoms with Crippen molar-refractivity contribution in [3.8, 4) is 6.07 Å². The van der Waals surface area contributed by atoms with Crippen LogP contribution in [-0.2, 0) is 27.5 Å². The van der Waals surface area contributed by atoms with Crippen LogP contribution >= 0.6 is 24.0 Å². The summed E-state index contributed by atoms with van der Waals surface area (Å²) in [4.78, 5) is 30.9. The molecule has 0 radical (unpaired) electrons. The Morgan fingerprint density at radius 2 is 1.84 bits per heavy atom. The predicted octanol–water partition coefficient (Wildman–Crippen LogP) is 2.67. The molecule has 0 saturated carbocycles. The number of hydrogen-bond acceptors (Lipinski definition) is 7. The molecule has 1 aromatic carbocycles. The molecule has 0 atom stereocenters. The standard InChI is InChI=1S/C15H17N3O3S.C7H6F3N3O.HI.H2/c16-9-12-10-18(11-12)22(20,21)14-5-3-4-13(8-14)15(19)17-6-1-2-7-17;8-7(9,10)5-1-12-6(13-2-5)3-11-4-14;;/h3-5,8,12H,1-2,6-7,10-11H2;1-2,4H,3H2,(H,11,14);2*1H. The van der Waals surface area contributed by atoms with Gasteiger partial charge in [0.1, 0.15) is 5.82 Å². The highest BCUT2D eigenvalue weighted by Gasteiger charge is 2.37. The summed E-state index contributed by atoms with van der Waals surface area (Å²) in [7, 11) is -3.61. The van der Waals surface area contributed by atoms with Gasteiger partial charge in [-0.05, 0) is 31.0 Å². The first kappa shape index (κ1) is 30.4. The smallest absolute Gasteiger partial charge is 0.351 e. The Hall–Kier alpha value is -2.84. The van der Waals surface area contributed by atoms with Crippen LogP contribution in [0.5, 0.6) is 0 Å². The van der Waals surface area contributed by atoms with E-state index in [4.69, 9.17) is 5.26 Å². The van der Waals surface area contributed by atoms with Crippen molar-refractivity contribution >= 4 is 46.3 Å². The molecule has 0 aliphatic carbocycles. The van der Waals surface area contributed by atoms with E-state index in [0.29, 0.717) is 24.4 Å². The van der Waals surface area contributed by atoms with Gasteiger partial charge in [0.05, 0.1) is 29.0 Å². The first-order valence-electron chi connectivity index (χ1n) is 10.9. The fraction of sp³-hybridized carbons (Fsp3) is 0.409. The topological polar surface area (TPSA) is 136 Å². The number of carbonyl (C=O) groups excluding carboxylic acids is 2. The second-order valence-corrected chi connectivity index (χ2v) is 10.00. The minimum Gasteiger partial charge on any atom is -0.351 e. The number of hydrogen-bond donors (Lipinski definition) is 1. The van der Waals surface area contributed by atoms with Gasteiger partial charge in [0.2, 0.25) is 16.4 Å². The summed E-state index contributed by atoms with van der Waals surface area (Å²) in [6.07, 6.45) is -0.679. The number of sulfonamides is 1. The molecule has 0 bridgehead atoms. The maximum atomic E-state index is 12.5. The van der Waals surface area contributed by atoms with Crippen molar-refractivity contribution in [2.45, 2.75) is 30.5 Å². The lowest BCUT2D eigenvalue weighted by molar-refractivity contribution is -0.138. The van der Waals surface area contributed by atoms with Crippen LogP contribution in [0.15, 0.2) is 41.6 Å². The third kappa shape index (κ3) is 7.82. The molecule has 0 spiro atoms. The van der Waals surface area contributed by atoms with Gasteiger partial charge in [-0.2, -0.15) is 22.7 Å². The maximum absolute atomic E-state index is 12.5. The third-order valence-corrected chi connectivity index (χ3v) is 7.35. The monoisotopic (exact) mass is 654 g/mol. The number of halogens is 4. The SMILES string of the molecule is I.N#CC1CN(S(=O)(=O)c2cccc(C(=O)N3CCCC3)c2)C1.O=CNCc1ncc(C(F)(F)F)cn1.[HH]. The van der Waals surface area contributed by atoms with Crippen LogP contribution in [0.25, 0.3) is 0 Å². The van der Waals surface area contributed by atoms with E-state index in [0.717, 1.165) is 25.9 Å². The number of benzene rings is 1. The van der Waals surface area contributed by atoms with Crippen LogP contribution in [-0.4, -0.2) is 66.1 Å². The average Bonchev–Trinajstić information content (AvgIpc) is 3.37. The lowest BCUT2D eigenvalue weighted by atomic mass is 10.1. The highest BCUT2D eigenvalue weighted by molar-refractivity contribution is 14.0. The predicted molar refractivity (Wildman–Crippen MR) is 137 cm³/mol. The zero-order chi connectivity index (χ0) is 26.3. The minimum atomic E-state index is -4.43. The van der Waals surface area contributed by atoms with E-state index in [1.54, 1.807) is 17.0 Å². The zero-order valence-electron chi connectivity index (χ0n) is 19.4. The Kier molecular flexibility index (Phi) is 10.8. The maximum Gasteiger partial charge on any atom is 0.419 e. The fourth-order valence-corrected chi connectivity index (χ4v) is 5.06. The number of carbonyl (C=O) groups is 2. The first-order chi connectivity index (χ1) is 17.1. The van der Waals surface area contributed by atoms with Gasteiger partial charge in [-0.15, -0.1) is 24.0 Å². The second-order valence-electron chi connectivity index (χ2n) is 8.06. The largest absolute Gasteiger partial charge is 0.419 e. The molecule has 2 aromatic rings. The summed E-state index contributed by atoms with van der Waals surface area (Å²) in [5, 5.41) is 11.0. The summed E-state index contributed by atoms with van der Waals surface area (Å²) >= 11 is 0. The highest BCUT2D eigenvalue weighted by atomic mass is 127. The molecule has 202 valence electrons. The van der Waals surface area contributed by atoms with Crippen LogP contribution in [0.2, 0.25) is 0 Å². The van der Waals surface area contributed by atoms with Gasteiger partial charge in [0.25, 0.3) is 5.91 Å². The molecule has 2 saturated heterocycles. The van der Waals surface area contributed by atoms with Crippen LogP contribution in [0.4, 0.5) is 13.2 Å². The zero-order valence-corrected chi connectivity index (χ0v) is 22.5. The average molecular weight is 654 g/mol. The van der Waals surface area contributed by atoms with Crippen LogP contribution in [0, 0.1) is 17.2 Å². The summed E-state index contributed by atoms with van der Waals surface area (Å²) in [6.45, 7) is 1.92. The molecule has 2 amide bonds. The van der Waals surface area contributed by atoms with Crippen molar-refractivity contribution in [3.05, 3.63) is 53.6 Å². The van der Waals surface area contributed by atoms with Crippen molar-refractivity contribution in [2.24, 2.45) is 5.92 Å². The van der Waals surface area contributed by atoms with E-state index >= 15 is 0 Å². The number of aromatic nitrogens is 2. The van der Waals surface area contributed by atoms with Gasteiger partial charge in [-0.1, -0.05) is 6.07 Å². The van der Waals surface area contributed by atoms with E-state index in [-0.39, 0.29) is 67.6 Å². The molecule has 4 rings (SSSR count). The molecule has 2 fully saturated rings. The van der Waals surface area contributed by atoms with Gasteiger partial charge in [-0.25, -0.2) is 18.4 Å². The number of rotatable bonds is 6. The Morgan fingerprint density at radius 3 is 2.38 bits per heavy atom. The molecule has 1 aromatic heterocycles. The Balaban J connectivity index is 0.000000396. The van der Waals surface area contributed by atoms with Gasteiger partial charge < -0.3 is 10.2 Å². The Labute approximate surface area is 230 Å². The van der Waals surface area contributed by atoms with Crippen molar-refractivity contribution in [1.29, 1.82) is 5.26 Å². The van der Waals surface area contributed by atoms with E-state index in [1.165, 1.54) is 16.4 Å². The molecule has 3 heterocycles. The molecule has 1 N–H and O–H groups in total. The number of nitrogens with one attached hydrogen (secondary N) is 1. The molecule has 10 nitrogen and oxygen atoms in total. The number of alkyl halides is 3. The van der Waals surface area contributed by atoms with E-state index in [9.17, 15) is 31.2 Å². The van der Waals surface area contributed by atoms with Crippen molar-refractivity contribution in [3.63, 3.8) is 0 Å². The van der Waals surface area contributed by atoms with Crippen LogP contribution < -0.4 is 5.32 Å². The van der Waals surface area contributed by atoms with Crippen molar-refractivity contribution in [2.75, 3.05) is 26.2 Å².